The normalized spacial score (nSPS) is 13.6. The number of nitrogens with two attached hydrogens (primary N) is 1. The molecule has 0 aliphatic rings. The van der Waals surface area contributed by atoms with Gasteiger partial charge in [0, 0.05) is 33.7 Å². The lowest BCUT2D eigenvalue weighted by atomic mass is 9.99. The maximum absolute atomic E-state index is 14.0. The molecule has 0 bridgehead atoms. The van der Waals surface area contributed by atoms with E-state index in [9.17, 15) is 19.2 Å². The van der Waals surface area contributed by atoms with Gasteiger partial charge in [-0.15, -0.1) is 0 Å². The predicted octanol–water partition coefficient (Wildman–Crippen LogP) is 1.81. The van der Waals surface area contributed by atoms with Crippen LogP contribution in [0.2, 0.25) is 0 Å². The van der Waals surface area contributed by atoms with Crippen LogP contribution in [0, 0.1) is 5.92 Å². The number of likely N-dealkylation sites (N-methyl/N-ethyl adjacent to an activating group) is 1. The second kappa shape index (κ2) is 23.5. The van der Waals surface area contributed by atoms with Crippen molar-refractivity contribution >= 4 is 23.6 Å². The van der Waals surface area contributed by atoms with Crippen molar-refractivity contribution in [2.45, 2.75) is 76.5 Å². The molecule has 6 N–H and O–H groups in total. The predicted molar refractivity (Wildman–Crippen MR) is 192 cm³/mol. The van der Waals surface area contributed by atoms with Crippen LogP contribution in [0.4, 0.5) is 0 Å². The molecule has 2 aromatic rings. The van der Waals surface area contributed by atoms with E-state index < -0.39 is 36.0 Å². The van der Waals surface area contributed by atoms with Gasteiger partial charge in [0.15, 0.2) is 0 Å². The molecule has 0 radical (unpaired) electrons. The van der Waals surface area contributed by atoms with Crippen LogP contribution in [0.3, 0.4) is 0 Å². The van der Waals surface area contributed by atoms with Gasteiger partial charge in [-0.3, -0.25) is 19.2 Å². The van der Waals surface area contributed by atoms with Crippen LogP contribution in [0.25, 0.3) is 0 Å². The van der Waals surface area contributed by atoms with Gasteiger partial charge in [0.2, 0.25) is 23.6 Å². The van der Waals surface area contributed by atoms with E-state index in [1.54, 1.807) is 26.2 Å². The molecule has 0 heterocycles. The quantitative estimate of drug-likeness (QED) is 0.105. The highest BCUT2D eigenvalue weighted by Gasteiger charge is 2.32. The SMILES string of the molecule is CN[C@H](Cc1ccccc1)C(=O)N[C@H](Cc1ccccc1)C(=O)N[C@H](CC(C)C)C(=O)N[C@H](CCCCN)C(=O)N(CCOC)CCOC. The van der Waals surface area contributed by atoms with E-state index in [0.29, 0.717) is 65.0 Å². The van der Waals surface area contributed by atoms with E-state index in [4.69, 9.17) is 15.2 Å². The number of ether oxygens (including phenoxy) is 2. The van der Waals surface area contributed by atoms with Crippen molar-refractivity contribution in [2.24, 2.45) is 11.7 Å². The van der Waals surface area contributed by atoms with Gasteiger partial charge in [-0.25, -0.2) is 0 Å². The van der Waals surface area contributed by atoms with Gasteiger partial charge in [0.1, 0.15) is 18.1 Å². The molecule has 0 aliphatic heterocycles. The molecule has 4 atom stereocenters. The van der Waals surface area contributed by atoms with Gasteiger partial charge in [0.05, 0.1) is 19.3 Å². The molecule has 0 fully saturated rings. The largest absolute Gasteiger partial charge is 0.383 e. The third-order valence-corrected chi connectivity index (χ3v) is 8.21. The molecule has 12 heteroatoms. The molecule has 2 rings (SSSR count). The number of benzene rings is 2. The number of carbonyl (C=O) groups is 4. The molecule has 12 nitrogen and oxygen atoms in total. The molecule has 4 amide bonds. The minimum absolute atomic E-state index is 0.0454. The summed E-state index contributed by atoms with van der Waals surface area (Å²) < 4.78 is 10.4. The highest BCUT2D eigenvalue weighted by atomic mass is 16.5. The van der Waals surface area contributed by atoms with Crippen LogP contribution in [-0.4, -0.2) is 107 Å². The van der Waals surface area contributed by atoms with Crippen LogP contribution in [0.5, 0.6) is 0 Å². The number of rotatable bonds is 24. The van der Waals surface area contributed by atoms with Gasteiger partial charge in [0.25, 0.3) is 0 Å². The minimum Gasteiger partial charge on any atom is -0.383 e. The molecule has 0 aliphatic carbocycles. The van der Waals surface area contributed by atoms with Crippen molar-refractivity contribution in [1.82, 2.24) is 26.2 Å². The van der Waals surface area contributed by atoms with Crippen LogP contribution in [0.1, 0.15) is 50.7 Å². The lowest BCUT2D eigenvalue weighted by Gasteiger charge is -2.30. The van der Waals surface area contributed by atoms with E-state index in [0.717, 1.165) is 11.1 Å². The van der Waals surface area contributed by atoms with Gasteiger partial charge in [-0.1, -0.05) is 74.5 Å². The van der Waals surface area contributed by atoms with Crippen molar-refractivity contribution < 1.29 is 28.7 Å². The Hall–Kier alpha value is -3.84. The number of hydrogen-bond acceptors (Lipinski definition) is 8. The summed E-state index contributed by atoms with van der Waals surface area (Å²) in [6.45, 7) is 5.72. The lowest BCUT2D eigenvalue weighted by Crippen LogP contribution is -2.59. The Bertz CT molecular complexity index is 1240. The Morgan fingerprint density at radius 1 is 0.694 bits per heavy atom. The first-order valence-electron chi connectivity index (χ1n) is 17.3. The van der Waals surface area contributed by atoms with Crippen molar-refractivity contribution in [3.63, 3.8) is 0 Å². The number of amides is 4. The molecule has 0 unspecified atom stereocenters. The summed E-state index contributed by atoms with van der Waals surface area (Å²) in [5, 5.41) is 11.9. The summed E-state index contributed by atoms with van der Waals surface area (Å²) in [4.78, 5) is 56.8. The second-order valence-electron chi connectivity index (χ2n) is 12.6. The van der Waals surface area contributed by atoms with Crippen molar-refractivity contribution in [3.8, 4) is 0 Å². The monoisotopic (exact) mass is 682 g/mol. The Kier molecular flexibility index (Phi) is 19.8. The molecule has 0 saturated carbocycles. The first kappa shape index (κ1) is 41.3. The number of hydrogen-bond donors (Lipinski definition) is 5. The smallest absolute Gasteiger partial charge is 0.245 e. The molecule has 0 spiro atoms. The summed E-state index contributed by atoms with van der Waals surface area (Å²) >= 11 is 0. The van der Waals surface area contributed by atoms with E-state index in [-0.39, 0.29) is 24.2 Å². The average Bonchev–Trinajstić information content (AvgIpc) is 3.10. The Balaban J connectivity index is 2.30. The minimum atomic E-state index is -0.954. The third kappa shape index (κ3) is 15.5. The van der Waals surface area contributed by atoms with E-state index in [1.807, 2.05) is 74.5 Å². The zero-order valence-corrected chi connectivity index (χ0v) is 29.9. The summed E-state index contributed by atoms with van der Waals surface area (Å²) in [6, 6.07) is 15.7. The Morgan fingerprint density at radius 2 is 1.16 bits per heavy atom. The van der Waals surface area contributed by atoms with Crippen molar-refractivity contribution in [1.29, 1.82) is 0 Å². The number of carbonyl (C=O) groups excluding carboxylic acids is 4. The van der Waals surface area contributed by atoms with Gasteiger partial charge >= 0.3 is 0 Å². The standard InChI is InChI=1S/C37H58N6O6/c1-27(2)24-32(35(45)40-30(18-12-13-19-38)37(47)43(20-22-48-4)21-23-49-5)41-36(46)33(26-29-16-10-7-11-17-29)42-34(44)31(39-3)25-28-14-8-6-9-15-28/h6-11,14-17,27,30-33,39H,12-13,18-26,38H2,1-5H3,(H,40,45)(H,41,46)(H,42,44)/t30-,31-,32-,33-/m1/s1. The number of nitrogens with one attached hydrogen (secondary N) is 4. The summed E-state index contributed by atoms with van der Waals surface area (Å²) in [6.07, 6.45) is 2.72. The average molecular weight is 683 g/mol. The second-order valence-corrected chi connectivity index (χ2v) is 12.6. The number of methoxy groups -OCH3 is 2. The highest BCUT2D eigenvalue weighted by Crippen LogP contribution is 2.12. The van der Waals surface area contributed by atoms with Crippen LogP contribution < -0.4 is 27.0 Å². The fraction of sp³-hybridized carbons (Fsp3) is 0.568. The van der Waals surface area contributed by atoms with Gasteiger partial charge < -0.3 is 41.4 Å². The van der Waals surface area contributed by atoms with Crippen molar-refractivity contribution in [3.05, 3.63) is 71.8 Å². The molecular weight excluding hydrogens is 624 g/mol. The maximum atomic E-state index is 14.0. The van der Waals surface area contributed by atoms with Crippen LogP contribution in [-0.2, 0) is 41.5 Å². The van der Waals surface area contributed by atoms with E-state index >= 15 is 0 Å². The molecular formula is C37H58N6O6. The molecule has 0 saturated heterocycles. The highest BCUT2D eigenvalue weighted by molar-refractivity contribution is 5.95. The zero-order chi connectivity index (χ0) is 36.0. The van der Waals surface area contributed by atoms with Crippen LogP contribution in [0.15, 0.2) is 60.7 Å². The molecule has 0 aromatic heterocycles. The number of nitrogens with zero attached hydrogens (tertiary/aromatic N) is 1. The zero-order valence-electron chi connectivity index (χ0n) is 29.9. The maximum Gasteiger partial charge on any atom is 0.245 e. The first-order chi connectivity index (χ1) is 23.6. The molecule has 2 aromatic carbocycles. The third-order valence-electron chi connectivity index (χ3n) is 8.21. The summed E-state index contributed by atoms with van der Waals surface area (Å²) in [5.74, 6) is -1.48. The number of unbranched alkanes of at least 4 members (excludes halogenated alkanes) is 1. The summed E-state index contributed by atoms with van der Waals surface area (Å²) in [5.41, 5.74) is 7.56. The Morgan fingerprint density at radius 3 is 1.65 bits per heavy atom. The molecule has 49 heavy (non-hydrogen) atoms. The fourth-order valence-corrected chi connectivity index (χ4v) is 5.46. The van der Waals surface area contributed by atoms with E-state index in [1.165, 1.54) is 0 Å². The molecule has 272 valence electrons. The summed E-state index contributed by atoms with van der Waals surface area (Å²) in [7, 11) is 4.84. The van der Waals surface area contributed by atoms with Gasteiger partial charge in [-0.2, -0.15) is 0 Å². The topological polar surface area (TPSA) is 164 Å². The van der Waals surface area contributed by atoms with E-state index in [2.05, 4.69) is 21.3 Å². The fourth-order valence-electron chi connectivity index (χ4n) is 5.46. The van der Waals surface area contributed by atoms with Gasteiger partial charge in [-0.05, 0) is 62.7 Å². The Labute approximate surface area is 292 Å². The van der Waals surface area contributed by atoms with Crippen LogP contribution >= 0.6 is 0 Å². The lowest BCUT2D eigenvalue weighted by molar-refractivity contribution is -0.139. The first-order valence-corrected chi connectivity index (χ1v) is 17.3. The van der Waals surface area contributed by atoms with Crippen molar-refractivity contribution in [2.75, 3.05) is 54.1 Å².